The molecule has 0 radical (unpaired) electrons. The van der Waals surface area contributed by atoms with E-state index >= 15 is 0 Å². The van der Waals surface area contributed by atoms with Crippen molar-refractivity contribution in [3.63, 3.8) is 0 Å². The fourth-order valence-corrected chi connectivity index (χ4v) is 2.11. The molecular formula is C8H7Br3. The Morgan fingerprint density at radius 1 is 0.909 bits per heavy atom. The van der Waals surface area contributed by atoms with Gasteiger partial charge in [0.05, 0.1) is 0 Å². The Labute approximate surface area is 91.8 Å². The predicted molar refractivity (Wildman–Crippen MR) is 59.4 cm³/mol. The van der Waals surface area contributed by atoms with Crippen molar-refractivity contribution in [2.75, 3.05) is 0 Å². The van der Waals surface area contributed by atoms with Crippen molar-refractivity contribution in [1.82, 2.24) is 0 Å². The highest BCUT2D eigenvalue weighted by atomic mass is 79.9. The van der Waals surface area contributed by atoms with Crippen LogP contribution in [0, 0.1) is 0 Å². The standard InChI is InChI=1S/C8H7Br3/c9-4-6-1-7(5-10)3-8(11)2-6/h1-3H,4-5H2. The Hall–Kier alpha value is 0.660. The fourth-order valence-electron chi connectivity index (χ4n) is 0.872. The Bertz CT molecular complexity index is 223. The van der Waals surface area contributed by atoms with Crippen LogP contribution in [0.3, 0.4) is 0 Å². The molecule has 0 atom stereocenters. The second-order valence-electron chi connectivity index (χ2n) is 2.23. The Balaban J connectivity index is 3.02. The number of hydrogen-bond donors (Lipinski definition) is 0. The molecule has 1 rings (SSSR count). The maximum absolute atomic E-state index is 3.45. The smallest absolute Gasteiger partial charge is 0.0283 e. The molecule has 1 aromatic rings. The van der Waals surface area contributed by atoms with Gasteiger partial charge in [0.15, 0.2) is 0 Å². The van der Waals surface area contributed by atoms with Crippen LogP contribution in [0.5, 0.6) is 0 Å². The van der Waals surface area contributed by atoms with Crippen molar-refractivity contribution in [1.29, 1.82) is 0 Å². The van der Waals surface area contributed by atoms with Crippen LogP contribution in [-0.2, 0) is 10.7 Å². The third-order valence-corrected chi connectivity index (χ3v) is 3.08. The van der Waals surface area contributed by atoms with Crippen molar-refractivity contribution in [3.05, 3.63) is 33.8 Å². The summed E-state index contributed by atoms with van der Waals surface area (Å²) >= 11 is 10.3. The lowest BCUT2D eigenvalue weighted by Gasteiger charge is -2.00. The second-order valence-corrected chi connectivity index (χ2v) is 4.27. The first-order chi connectivity index (χ1) is 5.26. The average Bonchev–Trinajstić information content (AvgIpc) is 2.03. The van der Waals surface area contributed by atoms with Crippen LogP contribution in [0.1, 0.15) is 11.1 Å². The zero-order chi connectivity index (χ0) is 8.27. The fraction of sp³-hybridized carbons (Fsp3) is 0.250. The maximum atomic E-state index is 3.45. The molecule has 0 spiro atoms. The van der Waals surface area contributed by atoms with E-state index in [0.29, 0.717) is 0 Å². The van der Waals surface area contributed by atoms with Crippen LogP contribution in [0.4, 0.5) is 0 Å². The minimum Gasteiger partial charge on any atom is -0.0876 e. The van der Waals surface area contributed by atoms with Crippen molar-refractivity contribution in [2.45, 2.75) is 10.7 Å². The number of rotatable bonds is 2. The molecule has 0 nitrogen and oxygen atoms in total. The largest absolute Gasteiger partial charge is 0.0876 e. The Kier molecular flexibility index (Phi) is 4.10. The molecule has 0 saturated heterocycles. The number of hydrogen-bond acceptors (Lipinski definition) is 0. The van der Waals surface area contributed by atoms with Gasteiger partial charge in [-0.1, -0.05) is 53.9 Å². The molecule has 0 N–H and O–H groups in total. The summed E-state index contributed by atoms with van der Waals surface area (Å²) in [7, 11) is 0. The van der Waals surface area contributed by atoms with Crippen LogP contribution in [0.2, 0.25) is 0 Å². The Morgan fingerprint density at radius 3 is 1.73 bits per heavy atom. The van der Waals surface area contributed by atoms with Gasteiger partial charge in [-0.25, -0.2) is 0 Å². The summed E-state index contributed by atoms with van der Waals surface area (Å²) < 4.78 is 1.14. The summed E-state index contributed by atoms with van der Waals surface area (Å²) in [5.41, 5.74) is 2.60. The lowest BCUT2D eigenvalue weighted by molar-refractivity contribution is 1.33. The van der Waals surface area contributed by atoms with Crippen LogP contribution in [-0.4, -0.2) is 0 Å². The molecule has 0 aliphatic rings. The van der Waals surface area contributed by atoms with Gasteiger partial charge >= 0.3 is 0 Å². The van der Waals surface area contributed by atoms with Gasteiger partial charge in [-0.05, 0) is 23.3 Å². The summed E-state index contributed by atoms with van der Waals surface area (Å²) in [6.07, 6.45) is 0. The number of benzene rings is 1. The summed E-state index contributed by atoms with van der Waals surface area (Å²) in [6, 6.07) is 6.40. The van der Waals surface area contributed by atoms with Gasteiger partial charge in [0.25, 0.3) is 0 Å². The molecule has 1 aromatic carbocycles. The van der Waals surface area contributed by atoms with Crippen molar-refractivity contribution in [2.24, 2.45) is 0 Å². The summed E-state index contributed by atoms with van der Waals surface area (Å²) in [5.74, 6) is 0. The van der Waals surface area contributed by atoms with Gasteiger partial charge in [-0.15, -0.1) is 0 Å². The van der Waals surface area contributed by atoms with E-state index in [4.69, 9.17) is 0 Å². The van der Waals surface area contributed by atoms with E-state index in [1.165, 1.54) is 11.1 Å². The molecule has 3 heteroatoms. The minimum atomic E-state index is 0.909. The first-order valence-corrected chi connectivity index (χ1v) is 6.20. The third kappa shape index (κ3) is 2.88. The zero-order valence-corrected chi connectivity index (χ0v) is 10.5. The predicted octanol–water partition coefficient (Wildman–Crippen LogP) is 4.24. The van der Waals surface area contributed by atoms with Crippen LogP contribution >= 0.6 is 47.8 Å². The van der Waals surface area contributed by atoms with E-state index in [1.54, 1.807) is 0 Å². The van der Waals surface area contributed by atoms with Crippen molar-refractivity contribution >= 4 is 47.8 Å². The summed E-state index contributed by atoms with van der Waals surface area (Å²) in [5, 5.41) is 1.82. The molecule has 0 heterocycles. The molecule has 0 saturated carbocycles. The average molecular weight is 343 g/mol. The summed E-state index contributed by atoms with van der Waals surface area (Å²) in [6.45, 7) is 0. The monoisotopic (exact) mass is 340 g/mol. The molecule has 0 bridgehead atoms. The Morgan fingerprint density at radius 2 is 1.36 bits per heavy atom. The van der Waals surface area contributed by atoms with E-state index in [1.807, 2.05) is 0 Å². The lowest BCUT2D eigenvalue weighted by atomic mass is 10.2. The van der Waals surface area contributed by atoms with Crippen molar-refractivity contribution < 1.29 is 0 Å². The van der Waals surface area contributed by atoms with Gasteiger partial charge in [0, 0.05) is 15.1 Å². The molecule has 0 fully saturated rings. The highest BCUT2D eigenvalue weighted by molar-refractivity contribution is 9.10. The van der Waals surface area contributed by atoms with Crippen molar-refractivity contribution in [3.8, 4) is 0 Å². The SMILES string of the molecule is BrCc1cc(Br)cc(CBr)c1. The van der Waals surface area contributed by atoms with Crippen LogP contribution in [0.15, 0.2) is 22.7 Å². The van der Waals surface area contributed by atoms with E-state index in [2.05, 4.69) is 66.0 Å². The van der Waals surface area contributed by atoms with E-state index in [9.17, 15) is 0 Å². The molecule has 0 amide bonds. The minimum absolute atomic E-state index is 0.909. The second kappa shape index (κ2) is 4.63. The molecule has 60 valence electrons. The van der Waals surface area contributed by atoms with Gasteiger partial charge < -0.3 is 0 Å². The first-order valence-electron chi connectivity index (χ1n) is 3.16. The molecule has 0 aromatic heterocycles. The number of alkyl halides is 2. The van der Waals surface area contributed by atoms with Crippen LogP contribution < -0.4 is 0 Å². The quantitative estimate of drug-likeness (QED) is 0.705. The highest BCUT2D eigenvalue weighted by Gasteiger charge is 1.96. The normalized spacial score (nSPS) is 10.1. The molecule has 11 heavy (non-hydrogen) atoms. The first kappa shape index (κ1) is 9.75. The van der Waals surface area contributed by atoms with Gasteiger partial charge in [0.2, 0.25) is 0 Å². The maximum Gasteiger partial charge on any atom is 0.0283 e. The van der Waals surface area contributed by atoms with E-state index in [-0.39, 0.29) is 0 Å². The highest BCUT2D eigenvalue weighted by Crippen LogP contribution is 2.19. The molecule has 0 unspecified atom stereocenters. The topological polar surface area (TPSA) is 0 Å². The molecule has 0 aliphatic carbocycles. The van der Waals surface area contributed by atoms with E-state index < -0.39 is 0 Å². The number of halogens is 3. The van der Waals surface area contributed by atoms with Gasteiger partial charge in [-0.3, -0.25) is 0 Å². The third-order valence-electron chi connectivity index (χ3n) is 1.33. The van der Waals surface area contributed by atoms with Crippen LogP contribution in [0.25, 0.3) is 0 Å². The molecular weight excluding hydrogens is 336 g/mol. The lowest BCUT2D eigenvalue weighted by Crippen LogP contribution is -1.82. The van der Waals surface area contributed by atoms with Gasteiger partial charge in [-0.2, -0.15) is 0 Å². The summed E-state index contributed by atoms with van der Waals surface area (Å²) in [4.78, 5) is 0. The van der Waals surface area contributed by atoms with E-state index in [0.717, 1.165) is 15.1 Å². The molecule has 0 aliphatic heterocycles. The van der Waals surface area contributed by atoms with Gasteiger partial charge in [0.1, 0.15) is 0 Å². The zero-order valence-electron chi connectivity index (χ0n) is 5.78.